The van der Waals surface area contributed by atoms with Crippen molar-refractivity contribution in [2.75, 3.05) is 0 Å². The van der Waals surface area contributed by atoms with E-state index in [-0.39, 0.29) is 5.41 Å². The van der Waals surface area contributed by atoms with Crippen molar-refractivity contribution < 1.29 is 4.42 Å². The summed E-state index contributed by atoms with van der Waals surface area (Å²) >= 11 is 0. The second-order valence-electron chi connectivity index (χ2n) is 11.2. The Morgan fingerprint density at radius 3 is 1.88 bits per heavy atom. The summed E-state index contributed by atoms with van der Waals surface area (Å²) in [5.74, 6) is 0. The fourth-order valence-corrected chi connectivity index (χ4v) is 6.47. The number of para-hydroxylation sites is 1. The minimum Gasteiger partial charge on any atom is -0.456 e. The van der Waals surface area contributed by atoms with Crippen molar-refractivity contribution in [1.82, 2.24) is 4.98 Å². The maximum Gasteiger partial charge on any atom is 0.140 e. The van der Waals surface area contributed by atoms with E-state index in [0.29, 0.717) is 0 Å². The van der Waals surface area contributed by atoms with Gasteiger partial charge in [-0.05, 0) is 58.1 Å². The van der Waals surface area contributed by atoms with Crippen molar-refractivity contribution in [3.05, 3.63) is 139 Å². The lowest BCUT2D eigenvalue weighted by Gasteiger charge is -2.21. The van der Waals surface area contributed by atoms with Gasteiger partial charge in [0.15, 0.2) is 0 Å². The Morgan fingerprint density at radius 1 is 0.525 bits per heavy atom. The van der Waals surface area contributed by atoms with Crippen LogP contribution in [0.5, 0.6) is 0 Å². The lowest BCUT2D eigenvalue weighted by molar-refractivity contribution is 0.620. The molecular weight excluding hydrogens is 486 g/mol. The van der Waals surface area contributed by atoms with Gasteiger partial charge in [0.25, 0.3) is 0 Å². The van der Waals surface area contributed by atoms with Crippen LogP contribution in [0, 0.1) is 0 Å². The maximum absolute atomic E-state index is 6.50. The van der Waals surface area contributed by atoms with E-state index in [1.165, 1.54) is 38.6 Å². The Balaban J connectivity index is 1.33. The lowest BCUT2D eigenvalue weighted by atomic mass is 9.81. The molecule has 0 atom stereocenters. The molecule has 0 aliphatic heterocycles. The van der Waals surface area contributed by atoms with Crippen LogP contribution < -0.4 is 0 Å². The van der Waals surface area contributed by atoms with Crippen LogP contribution >= 0.6 is 0 Å². The number of furan rings is 1. The van der Waals surface area contributed by atoms with Crippen LogP contribution in [-0.4, -0.2) is 4.98 Å². The zero-order valence-electron chi connectivity index (χ0n) is 22.5. The predicted octanol–water partition coefficient (Wildman–Crippen LogP) is 10.3. The number of fused-ring (bicyclic) bond motifs is 7. The quantitative estimate of drug-likeness (QED) is 0.235. The molecule has 7 aromatic rings. The first-order chi connectivity index (χ1) is 19.6. The van der Waals surface area contributed by atoms with E-state index < -0.39 is 0 Å². The number of nitrogens with zero attached hydrogens (tertiary/aromatic N) is 1. The van der Waals surface area contributed by atoms with Crippen molar-refractivity contribution >= 4 is 21.9 Å². The van der Waals surface area contributed by atoms with Crippen LogP contribution in [0.3, 0.4) is 0 Å². The van der Waals surface area contributed by atoms with E-state index in [9.17, 15) is 0 Å². The van der Waals surface area contributed by atoms with Crippen LogP contribution in [0.25, 0.3) is 66.7 Å². The SMILES string of the molecule is CC1(C)c2ccc(-c3cc(-c4ccccc4)nc(-c4ccccc4)c3)cc2-c2ccc3c(oc4ccccc43)c21. The van der Waals surface area contributed by atoms with Gasteiger partial charge in [-0.1, -0.05) is 111 Å². The second kappa shape index (κ2) is 8.53. The third-order valence-corrected chi connectivity index (χ3v) is 8.45. The molecule has 8 rings (SSSR count). The first kappa shape index (κ1) is 23.0. The number of hydrogen-bond donors (Lipinski definition) is 0. The minimum atomic E-state index is -0.167. The summed E-state index contributed by atoms with van der Waals surface area (Å²) in [6.45, 7) is 4.63. The molecule has 2 nitrogen and oxygen atoms in total. The second-order valence-corrected chi connectivity index (χ2v) is 11.2. The number of benzene rings is 5. The molecule has 0 radical (unpaired) electrons. The number of aromatic nitrogens is 1. The molecule has 2 aromatic heterocycles. The highest BCUT2D eigenvalue weighted by Gasteiger charge is 2.38. The standard InChI is InChI=1S/C38H27NO/c1-38(2)32-20-17-26(21-31(32)29-18-19-30-28-15-9-10-16-35(28)40-37(30)36(29)38)27-22-33(24-11-5-3-6-12-24)39-34(23-27)25-13-7-4-8-14-25/h3-23H,1-2H3. The van der Waals surface area contributed by atoms with Crippen molar-refractivity contribution in [3.63, 3.8) is 0 Å². The highest BCUT2D eigenvalue weighted by molar-refractivity contribution is 6.09. The third kappa shape index (κ3) is 3.39. The third-order valence-electron chi connectivity index (χ3n) is 8.45. The van der Waals surface area contributed by atoms with Crippen molar-refractivity contribution in [1.29, 1.82) is 0 Å². The number of pyridine rings is 1. The molecule has 0 bridgehead atoms. The van der Waals surface area contributed by atoms with Crippen molar-refractivity contribution in [3.8, 4) is 44.8 Å². The Morgan fingerprint density at radius 2 is 1.18 bits per heavy atom. The highest BCUT2D eigenvalue weighted by Crippen LogP contribution is 2.53. The Kier molecular flexibility index (Phi) is 4.90. The first-order valence-electron chi connectivity index (χ1n) is 13.8. The highest BCUT2D eigenvalue weighted by atomic mass is 16.3. The lowest BCUT2D eigenvalue weighted by Crippen LogP contribution is -2.15. The molecule has 0 N–H and O–H groups in total. The largest absolute Gasteiger partial charge is 0.456 e. The van der Waals surface area contributed by atoms with Gasteiger partial charge in [0, 0.05) is 32.9 Å². The van der Waals surface area contributed by atoms with E-state index in [2.05, 4.69) is 123 Å². The summed E-state index contributed by atoms with van der Waals surface area (Å²) in [6, 6.07) is 45.1. The molecule has 0 unspecified atom stereocenters. The van der Waals surface area contributed by atoms with E-state index in [0.717, 1.165) is 39.2 Å². The Labute approximate surface area is 233 Å². The summed E-state index contributed by atoms with van der Waals surface area (Å²) in [4.78, 5) is 5.07. The molecular formula is C38H27NO. The molecule has 0 spiro atoms. The van der Waals surface area contributed by atoms with E-state index >= 15 is 0 Å². The Hall–Kier alpha value is -4.95. The van der Waals surface area contributed by atoms with E-state index in [4.69, 9.17) is 9.40 Å². The van der Waals surface area contributed by atoms with E-state index in [1.54, 1.807) is 0 Å². The van der Waals surface area contributed by atoms with Gasteiger partial charge >= 0.3 is 0 Å². The summed E-state index contributed by atoms with van der Waals surface area (Å²) in [7, 11) is 0. The summed E-state index contributed by atoms with van der Waals surface area (Å²) in [5, 5.41) is 2.36. The van der Waals surface area contributed by atoms with Gasteiger partial charge in [-0.2, -0.15) is 0 Å². The average molecular weight is 514 g/mol. The molecule has 40 heavy (non-hydrogen) atoms. The molecule has 1 aliphatic rings. The van der Waals surface area contributed by atoms with Gasteiger partial charge in [-0.15, -0.1) is 0 Å². The van der Waals surface area contributed by atoms with E-state index in [1.807, 2.05) is 18.2 Å². The van der Waals surface area contributed by atoms with Crippen LogP contribution in [0.15, 0.2) is 132 Å². The van der Waals surface area contributed by atoms with Gasteiger partial charge in [0.1, 0.15) is 11.2 Å². The summed E-state index contributed by atoms with van der Waals surface area (Å²) in [6.07, 6.45) is 0. The fraction of sp³-hybridized carbons (Fsp3) is 0.0789. The fourth-order valence-electron chi connectivity index (χ4n) is 6.47. The summed E-state index contributed by atoms with van der Waals surface area (Å²) < 4.78 is 6.50. The zero-order valence-corrected chi connectivity index (χ0v) is 22.5. The smallest absolute Gasteiger partial charge is 0.140 e. The Bertz CT molecular complexity index is 2010. The van der Waals surface area contributed by atoms with Crippen LogP contribution in [0.1, 0.15) is 25.0 Å². The van der Waals surface area contributed by atoms with Gasteiger partial charge in [-0.25, -0.2) is 4.98 Å². The number of hydrogen-bond acceptors (Lipinski definition) is 2. The number of rotatable bonds is 3. The molecule has 190 valence electrons. The van der Waals surface area contributed by atoms with Crippen molar-refractivity contribution in [2.24, 2.45) is 0 Å². The molecule has 0 saturated heterocycles. The molecule has 0 saturated carbocycles. The van der Waals surface area contributed by atoms with Gasteiger partial charge in [-0.3, -0.25) is 0 Å². The first-order valence-corrected chi connectivity index (χ1v) is 13.8. The zero-order chi connectivity index (χ0) is 26.8. The van der Waals surface area contributed by atoms with Crippen LogP contribution in [0.2, 0.25) is 0 Å². The molecule has 2 heterocycles. The van der Waals surface area contributed by atoms with Gasteiger partial charge in [0.2, 0.25) is 0 Å². The topological polar surface area (TPSA) is 26.0 Å². The molecule has 2 heteroatoms. The summed E-state index contributed by atoms with van der Waals surface area (Å²) in [5.41, 5.74) is 13.4. The van der Waals surface area contributed by atoms with Gasteiger partial charge in [0.05, 0.1) is 11.4 Å². The monoisotopic (exact) mass is 513 g/mol. The van der Waals surface area contributed by atoms with Crippen LogP contribution in [-0.2, 0) is 5.41 Å². The molecule has 5 aromatic carbocycles. The molecule has 0 amide bonds. The molecule has 0 fully saturated rings. The molecule has 1 aliphatic carbocycles. The average Bonchev–Trinajstić information content (AvgIpc) is 3.50. The van der Waals surface area contributed by atoms with Crippen molar-refractivity contribution in [2.45, 2.75) is 19.3 Å². The predicted molar refractivity (Wildman–Crippen MR) is 165 cm³/mol. The van der Waals surface area contributed by atoms with Gasteiger partial charge < -0.3 is 4.42 Å². The maximum atomic E-state index is 6.50. The minimum absolute atomic E-state index is 0.167. The van der Waals surface area contributed by atoms with Crippen LogP contribution in [0.4, 0.5) is 0 Å². The normalized spacial score (nSPS) is 13.4.